The van der Waals surface area contributed by atoms with Gasteiger partial charge in [0.25, 0.3) is 0 Å². The van der Waals surface area contributed by atoms with Gasteiger partial charge in [-0.3, -0.25) is 0 Å². The van der Waals surface area contributed by atoms with E-state index in [9.17, 15) is 4.79 Å². The third-order valence-corrected chi connectivity index (χ3v) is 6.52. The minimum atomic E-state index is 0.0994. The van der Waals surface area contributed by atoms with Crippen LogP contribution in [0, 0.1) is 17.8 Å². The molecule has 5 nitrogen and oxygen atoms in total. The number of nitrogens with zero attached hydrogens (tertiary/aromatic N) is 1. The molecule has 0 aromatic heterocycles. The Morgan fingerprint density at radius 2 is 1.92 bits per heavy atom. The number of amides is 2. The summed E-state index contributed by atoms with van der Waals surface area (Å²) in [6, 6.07) is 1.18. The van der Waals surface area contributed by atoms with Gasteiger partial charge in [-0.25, -0.2) is 4.79 Å². The predicted octanol–water partition coefficient (Wildman–Crippen LogP) is 2.18. The van der Waals surface area contributed by atoms with E-state index in [0.717, 1.165) is 50.5 Å². The van der Waals surface area contributed by atoms with Gasteiger partial charge in [0, 0.05) is 31.7 Å². The van der Waals surface area contributed by atoms with E-state index < -0.39 is 0 Å². The fourth-order valence-corrected chi connectivity index (χ4v) is 5.21. The van der Waals surface area contributed by atoms with Gasteiger partial charge in [0.15, 0.2) is 0 Å². The SMILES string of the molecule is CCN(CC)C(=O)N[C@@H]1CNC[C@H](CC2CNC3CCCCC23)C1. The van der Waals surface area contributed by atoms with Crippen molar-refractivity contribution in [2.75, 3.05) is 32.7 Å². The first-order valence-electron chi connectivity index (χ1n) is 10.2. The minimum Gasteiger partial charge on any atom is -0.334 e. The van der Waals surface area contributed by atoms with E-state index in [4.69, 9.17) is 0 Å². The maximum absolute atomic E-state index is 12.3. The quantitative estimate of drug-likeness (QED) is 0.721. The first-order chi connectivity index (χ1) is 11.7. The summed E-state index contributed by atoms with van der Waals surface area (Å²) in [5.41, 5.74) is 0. The fourth-order valence-electron chi connectivity index (χ4n) is 5.21. The molecule has 138 valence electrons. The van der Waals surface area contributed by atoms with Crippen LogP contribution in [-0.2, 0) is 0 Å². The molecule has 1 saturated carbocycles. The molecule has 2 aliphatic heterocycles. The molecular weight excluding hydrogens is 300 g/mol. The van der Waals surface area contributed by atoms with E-state index in [1.54, 1.807) is 0 Å². The molecule has 5 atom stereocenters. The van der Waals surface area contributed by atoms with Crippen molar-refractivity contribution in [3.05, 3.63) is 0 Å². The maximum Gasteiger partial charge on any atom is 0.317 e. The number of rotatable bonds is 5. The lowest BCUT2D eigenvalue weighted by atomic mass is 9.75. The first kappa shape index (κ1) is 18.0. The Labute approximate surface area is 147 Å². The van der Waals surface area contributed by atoms with Crippen LogP contribution in [0.4, 0.5) is 4.79 Å². The van der Waals surface area contributed by atoms with Crippen molar-refractivity contribution in [3.63, 3.8) is 0 Å². The van der Waals surface area contributed by atoms with Crippen molar-refractivity contribution in [2.45, 2.75) is 64.5 Å². The molecule has 24 heavy (non-hydrogen) atoms. The van der Waals surface area contributed by atoms with Crippen LogP contribution in [0.3, 0.4) is 0 Å². The number of nitrogens with one attached hydrogen (secondary N) is 3. The molecule has 0 bridgehead atoms. The number of urea groups is 1. The van der Waals surface area contributed by atoms with Gasteiger partial charge < -0.3 is 20.9 Å². The molecule has 3 fully saturated rings. The van der Waals surface area contributed by atoms with E-state index in [1.807, 2.05) is 18.7 Å². The molecule has 1 aliphatic carbocycles. The second-order valence-electron chi connectivity index (χ2n) is 8.04. The van der Waals surface area contributed by atoms with E-state index in [-0.39, 0.29) is 12.1 Å². The lowest BCUT2D eigenvalue weighted by Gasteiger charge is -2.35. The summed E-state index contributed by atoms with van der Waals surface area (Å²) in [5, 5.41) is 10.6. The summed E-state index contributed by atoms with van der Waals surface area (Å²) in [7, 11) is 0. The Morgan fingerprint density at radius 3 is 2.71 bits per heavy atom. The molecule has 2 amide bonds. The zero-order chi connectivity index (χ0) is 16.9. The Morgan fingerprint density at radius 1 is 1.12 bits per heavy atom. The van der Waals surface area contributed by atoms with Crippen LogP contribution in [0.5, 0.6) is 0 Å². The molecule has 0 spiro atoms. The lowest BCUT2D eigenvalue weighted by Crippen LogP contribution is -2.52. The molecule has 2 saturated heterocycles. The average Bonchev–Trinajstić information content (AvgIpc) is 2.99. The zero-order valence-electron chi connectivity index (χ0n) is 15.5. The van der Waals surface area contributed by atoms with Crippen molar-refractivity contribution < 1.29 is 4.79 Å². The predicted molar refractivity (Wildman–Crippen MR) is 98.1 cm³/mol. The summed E-state index contributed by atoms with van der Waals surface area (Å²) in [6.07, 6.45) is 8.08. The van der Waals surface area contributed by atoms with Gasteiger partial charge in [-0.05, 0) is 70.4 Å². The summed E-state index contributed by atoms with van der Waals surface area (Å²) < 4.78 is 0. The van der Waals surface area contributed by atoms with Crippen molar-refractivity contribution in [2.24, 2.45) is 17.8 Å². The molecular formula is C19H36N4O. The van der Waals surface area contributed by atoms with E-state index >= 15 is 0 Å². The highest BCUT2D eigenvalue weighted by Gasteiger charge is 2.38. The van der Waals surface area contributed by atoms with Gasteiger partial charge in [0.1, 0.15) is 0 Å². The molecule has 3 unspecified atom stereocenters. The number of piperidine rings is 1. The van der Waals surface area contributed by atoms with Crippen molar-refractivity contribution in [1.29, 1.82) is 0 Å². The Hall–Kier alpha value is -0.810. The van der Waals surface area contributed by atoms with Gasteiger partial charge in [-0.1, -0.05) is 12.8 Å². The van der Waals surface area contributed by atoms with Crippen molar-refractivity contribution in [3.8, 4) is 0 Å². The molecule has 3 N–H and O–H groups in total. The Bertz CT molecular complexity index is 412. The minimum absolute atomic E-state index is 0.0994. The number of hydrogen-bond acceptors (Lipinski definition) is 3. The maximum atomic E-state index is 12.3. The summed E-state index contributed by atoms with van der Waals surface area (Å²) in [6.45, 7) is 8.88. The highest BCUT2D eigenvalue weighted by atomic mass is 16.2. The number of carbonyl (C=O) groups is 1. The molecule has 0 aromatic carbocycles. The smallest absolute Gasteiger partial charge is 0.317 e. The standard InChI is InChI=1S/C19H36N4O/c1-3-23(4-2)19(24)22-16-10-14(11-20-13-16)9-15-12-21-18-8-6-5-7-17(15)18/h14-18,20-21H,3-13H2,1-2H3,(H,22,24)/t14-,15?,16+,17?,18?/m1/s1. The molecule has 0 radical (unpaired) electrons. The summed E-state index contributed by atoms with van der Waals surface area (Å²) in [5.74, 6) is 2.46. The van der Waals surface area contributed by atoms with Crippen molar-refractivity contribution >= 4 is 6.03 Å². The Balaban J connectivity index is 1.48. The van der Waals surface area contributed by atoms with Crippen LogP contribution < -0.4 is 16.0 Å². The number of fused-ring (bicyclic) bond motifs is 1. The van der Waals surface area contributed by atoms with Gasteiger partial charge in [-0.2, -0.15) is 0 Å². The largest absolute Gasteiger partial charge is 0.334 e. The third-order valence-electron chi connectivity index (χ3n) is 6.52. The van der Waals surface area contributed by atoms with E-state index in [1.165, 1.54) is 38.6 Å². The van der Waals surface area contributed by atoms with Crippen LogP contribution >= 0.6 is 0 Å². The molecule has 2 heterocycles. The van der Waals surface area contributed by atoms with E-state index in [2.05, 4.69) is 16.0 Å². The third kappa shape index (κ3) is 4.23. The molecule has 3 aliphatic rings. The lowest BCUT2D eigenvalue weighted by molar-refractivity contribution is 0.184. The summed E-state index contributed by atoms with van der Waals surface area (Å²) in [4.78, 5) is 14.2. The van der Waals surface area contributed by atoms with Gasteiger partial charge in [0.05, 0.1) is 0 Å². The fraction of sp³-hybridized carbons (Fsp3) is 0.947. The van der Waals surface area contributed by atoms with E-state index in [0.29, 0.717) is 5.92 Å². The number of hydrogen-bond donors (Lipinski definition) is 3. The van der Waals surface area contributed by atoms with Crippen molar-refractivity contribution in [1.82, 2.24) is 20.9 Å². The van der Waals surface area contributed by atoms with Crippen LogP contribution in [0.15, 0.2) is 0 Å². The molecule has 3 rings (SSSR count). The van der Waals surface area contributed by atoms with Crippen LogP contribution in [0.25, 0.3) is 0 Å². The monoisotopic (exact) mass is 336 g/mol. The molecule has 0 aromatic rings. The first-order valence-corrected chi connectivity index (χ1v) is 10.2. The van der Waals surface area contributed by atoms with Crippen LogP contribution in [0.2, 0.25) is 0 Å². The second kappa shape index (κ2) is 8.52. The number of carbonyl (C=O) groups excluding carboxylic acids is 1. The normalized spacial score (nSPS) is 36.2. The van der Waals surface area contributed by atoms with Gasteiger partial charge in [0.2, 0.25) is 0 Å². The zero-order valence-corrected chi connectivity index (χ0v) is 15.5. The van der Waals surface area contributed by atoms with Gasteiger partial charge in [-0.15, -0.1) is 0 Å². The summed E-state index contributed by atoms with van der Waals surface area (Å²) >= 11 is 0. The second-order valence-corrected chi connectivity index (χ2v) is 8.04. The highest BCUT2D eigenvalue weighted by Crippen LogP contribution is 2.38. The van der Waals surface area contributed by atoms with Crippen LogP contribution in [-0.4, -0.2) is 55.7 Å². The van der Waals surface area contributed by atoms with Crippen LogP contribution in [0.1, 0.15) is 52.4 Å². The molecule has 5 heteroatoms. The Kier molecular flexibility index (Phi) is 6.39. The van der Waals surface area contributed by atoms with Gasteiger partial charge >= 0.3 is 6.03 Å². The average molecular weight is 337 g/mol. The topological polar surface area (TPSA) is 56.4 Å². The highest BCUT2D eigenvalue weighted by molar-refractivity contribution is 5.74.